The molecule has 4 nitrogen and oxygen atoms in total. The quantitative estimate of drug-likeness (QED) is 0.897. The number of piperidine rings is 1. The Morgan fingerprint density at radius 3 is 2.44 bits per heavy atom. The molecule has 3 saturated carbocycles. The molecule has 1 aromatic rings. The Bertz CT molecular complexity index is 842. The summed E-state index contributed by atoms with van der Waals surface area (Å²) >= 11 is 0. The number of rotatable bonds is 3. The van der Waals surface area contributed by atoms with Gasteiger partial charge in [0.2, 0.25) is 11.8 Å². The second kappa shape index (κ2) is 4.95. The Labute approximate surface area is 160 Å². The van der Waals surface area contributed by atoms with Gasteiger partial charge in [-0.1, -0.05) is 31.2 Å². The van der Waals surface area contributed by atoms with E-state index in [0.717, 1.165) is 32.4 Å². The molecule has 4 atom stereocenters. The topological polar surface area (TPSA) is 49.4 Å². The number of likely N-dealkylation sites (tertiary alicyclic amines) is 1. The summed E-state index contributed by atoms with van der Waals surface area (Å²) in [5.41, 5.74) is 3.30. The van der Waals surface area contributed by atoms with E-state index in [4.69, 9.17) is 0 Å². The zero-order valence-electron chi connectivity index (χ0n) is 16.1. The van der Waals surface area contributed by atoms with Crippen molar-refractivity contribution in [1.29, 1.82) is 0 Å². The summed E-state index contributed by atoms with van der Waals surface area (Å²) in [4.78, 5) is 27.0. The molecule has 1 aromatic carbocycles. The van der Waals surface area contributed by atoms with E-state index in [0.29, 0.717) is 17.8 Å². The van der Waals surface area contributed by atoms with Crippen molar-refractivity contribution in [2.45, 2.75) is 68.2 Å². The molecule has 2 saturated heterocycles. The lowest BCUT2D eigenvalue weighted by Crippen LogP contribution is -2.61. The Morgan fingerprint density at radius 1 is 1.11 bits per heavy atom. The number of carbonyl (C=O) groups is 2. The van der Waals surface area contributed by atoms with Crippen LogP contribution in [0.2, 0.25) is 0 Å². The van der Waals surface area contributed by atoms with Crippen LogP contribution >= 0.6 is 0 Å². The Hall–Kier alpha value is -1.84. The minimum atomic E-state index is -0.213. The number of benzene rings is 1. The Balaban J connectivity index is 1.18. The molecule has 3 aliphatic carbocycles. The van der Waals surface area contributed by atoms with Gasteiger partial charge in [0.15, 0.2) is 0 Å². The normalized spacial score (nSPS) is 40.5. The molecule has 0 aromatic heterocycles. The van der Waals surface area contributed by atoms with E-state index in [2.05, 4.69) is 41.4 Å². The third kappa shape index (κ3) is 2.16. The molecule has 4 unspecified atom stereocenters. The molecule has 4 heteroatoms. The van der Waals surface area contributed by atoms with Crippen LogP contribution in [0, 0.1) is 11.8 Å². The van der Waals surface area contributed by atoms with Crippen molar-refractivity contribution in [3.05, 3.63) is 35.4 Å². The molecule has 5 aliphatic rings. The lowest BCUT2D eigenvalue weighted by Gasteiger charge is -2.47. The highest BCUT2D eigenvalue weighted by atomic mass is 16.2. The van der Waals surface area contributed by atoms with Crippen molar-refractivity contribution < 1.29 is 9.59 Å². The van der Waals surface area contributed by atoms with Crippen molar-refractivity contribution in [3.63, 3.8) is 0 Å². The van der Waals surface area contributed by atoms with Crippen LogP contribution in [-0.2, 0) is 20.4 Å². The molecular weight excluding hydrogens is 336 g/mol. The zero-order valence-corrected chi connectivity index (χ0v) is 16.1. The molecule has 142 valence electrons. The van der Waals surface area contributed by atoms with Gasteiger partial charge in [-0.05, 0) is 61.0 Å². The van der Waals surface area contributed by atoms with Crippen LogP contribution in [0.1, 0.15) is 63.0 Å². The SMILES string of the molecule is CC1(c2ccc(C34CC3CN(C(=O)C3CCC35CCC(=O)N5)C4)cc2)CC1. The maximum absolute atomic E-state index is 13.2. The van der Waals surface area contributed by atoms with E-state index in [1.807, 2.05) is 0 Å². The monoisotopic (exact) mass is 364 g/mol. The average molecular weight is 364 g/mol. The van der Waals surface area contributed by atoms with Gasteiger partial charge < -0.3 is 10.2 Å². The number of nitrogens with zero attached hydrogens (tertiary/aromatic N) is 1. The van der Waals surface area contributed by atoms with Crippen LogP contribution in [0.3, 0.4) is 0 Å². The summed E-state index contributed by atoms with van der Waals surface area (Å²) < 4.78 is 0. The predicted molar refractivity (Wildman–Crippen MR) is 102 cm³/mol. The maximum atomic E-state index is 13.2. The standard InChI is InChI=1S/C23H28N2O2/c1-21(10-11-21)15-2-4-16(5-3-15)22-12-17(22)13-25(14-22)20(27)18-6-8-23(18)9-7-19(26)24-23/h2-5,17-18H,6-14H2,1H3,(H,24,26). The maximum Gasteiger partial charge on any atom is 0.228 e. The molecule has 1 spiro atoms. The minimum Gasteiger partial charge on any atom is -0.350 e. The molecule has 6 rings (SSSR count). The fourth-order valence-electron chi connectivity index (χ4n) is 6.18. The van der Waals surface area contributed by atoms with Crippen molar-refractivity contribution >= 4 is 11.8 Å². The van der Waals surface area contributed by atoms with Gasteiger partial charge in [0.25, 0.3) is 0 Å². The van der Waals surface area contributed by atoms with E-state index >= 15 is 0 Å². The highest BCUT2D eigenvalue weighted by Gasteiger charge is 2.63. The number of carbonyl (C=O) groups excluding carboxylic acids is 2. The number of fused-ring (bicyclic) bond motifs is 1. The average Bonchev–Trinajstić information content (AvgIpc) is 3.47. The van der Waals surface area contributed by atoms with Crippen LogP contribution < -0.4 is 5.32 Å². The third-order valence-corrected chi connectivity index (χ3v) is 8.64. The molecular formula is C23H28N2O2. The van der Waals surface area contributed by atoms with E-state index in [9.17, 15) is 9.59 Å². The molecule has 1 N–H and O–H groups in total. The summed E-state index contributed by atoms with van der Waals surface area (Å²) in [6, 6.07) is 9.31. The van der Waals surface area contributed by atoms with Crippen LogP contribution in [-0.4, -0.2) is 35.3 Å². The molecule has 27 heavy (non-hydrogen) atoms. The highest BCUT2D eigenvalue weighted by Crippen LogP contribution is 2.60. The summed E-state index contributed by atoms with van der Waals surface area (Å²) in [6.45, 7) is 4.12. The molecule has 5 fully saturated rings. The summed E-state index contributed by atoms with van der Waals surface area (Å²) in [7, 11) is 0. The van der Waals surface area contributed by atoms with Gasteiger partial charge in [-0.15, -0.1) is 0 Å². The van der Waals surface area contributed by atoms with Crippen molar-refractivity contribution in [1.82, 2.24) is 10.2 Å². The second-order valence-corrected chi connectivity index (χ2v) is 10.2. The molecule has 2 aliphatic heterocycles. The van der Waals surface area contributed by atoms with Crippen molar-refractivity contribution in [2.75, 3.05) is 13.1 Å². The molecule has 0 bridgehead atoms. The minimum absolute atomic E-state index is 0.00990. The first-order valence-corrected chi connectivity index (χ1v) is 10.7. The van der Waals surface area contributed by atoms with E-state index in [1.165, 1.54) is 30.4 Å². The summed E-state index contributed by atoms with van der Waals surface area (Å²) in [5, 5.41) is 3.12. The van der Waals surface area contributed by atoms with Gasteiger partial charge in [-0.3, -0.25) is 9.59 Å². The molecule has 2 heterocycles. The first-order valence-electron chi connectivity index (χ1n) is 10.7. The number of nitrogens with one attached hydrogen (secondary N) is 1. The smallest absolute Gasteiger partial charge is 0.228 e. The predicted octanol–water partition coefficient (Wildman–Crippen LogP) is 2.90. The third-order valence-electron chi connectivity index (χ3n) is 8.64. The van der Waals surface area contributed by atoms with Crippen LogP contribution in [0.5, 0.6) is 0 Å². The number of amides is 2. The van der Waals surface area contributed by atoms with Crippen LogP contribution in [0.15, 0.2) is 24.3 Å². The fraction of sp³-hybridized carbons (Fsp3) is 0.652. The van der Waals surface area contributed by atoms with Crippen molar-refractivity contribution in [2.24, 2.45) is 11.8 Å². The largest absolute Gasteiger partial charge is 0.350 e. The van der Waals surface area contributed by atoms with Gasteiger partial charge in [-0.25, -0.2) is 0 Å². The Morgan fingerprint density at radius 2 is 1.85 bits per heavy atom. The van der Waals surface area contributed by atoms with Gasteiger partial charge >= 0.3 is 0 Å². The number of hydrogen-bond acceptors (Lipinski definition) is 2. The van der Waals surface area contributed by atoms with Gasteiger partial charge in [0, 0.05) is 24.9 Å². The van der Waals surface area contributed by atoms with E-state index in [-0.39, 0.29) is 28.7 Å². The van der Waals surface area contributed by atoms with E-state index in [1.54, 1.807) is 0 Å². The molecule has 2 amide bonds. The van der Waals surface area contributed by atoms with Crippen LogP contribution in [0.4, 0.5) is 0 Å². The fourth-order valence-corrected chi connectivity index (χ4v) is 6.18. The van der Waals surface area contributed by atoms with Gasteiger partial charge in [0.1, 0.15) is 0 Å². The van der Waals surface area contributed by atoms with Crippen LogP contribution in [0.25, 0.3) is 0 Å². The second-order valence-electron chi connectivity index (χ2n) is 10.2. The summed E-state index contributed by atoms with van der Waals surface area (Å²) in [6.07, 6.45) is 7.16. The lowest BCUT2D eigenvalue weighted by atomic mass is 9.65. The number of hydrogen-bond donors (Lipinski definition) is 1. The van der Waals surface area contributed by atoms with Gasteiger partial charge in [0.05, 0.1) is 11.5 Å². The molecule has 0 radical (unpaired) electrons. The van der Waals surface area contributed by atoms with Gasteiger partial charge in [-0.2, -0.15) is 0 Å². The first kappa shape index (κ1) is 16.1. The van der Waals surface area contributed by atoms with E-state index < -0.39 is 0 Å². The first-order chi connectivity index (χ1) is 12.9. The van der Waals surface area contributed by atoms with Crippen molar-refractivity contribution in [3.8, 4) is 0 Å². The lowest BCUT2D eigenvalue weighted by molar-refractivity contribution is -0.143. The zero-order chi connectivity index (χ0) is 18.4. The highest BCUT2D eigenvalue weighted by molar-refractivity contribution is 5.86. The summed E-state index contributed by atoms with van der Waals surface area (Å²) in [5.74, 6) is 1.04. The Kier molecular flexibility index (Phi) is 2.96.